The first kappa shape index (κ1) is 14.8. The molecule has 1 aromatic rings. The highest BCUT2D eigenvalue weighted by Gasteiger charge is 2.54. The van der Waals surface area contributed by atoms with Crippen molar-refractivity contribution in [2.45, 2.75) is 33.6 Å². The molecule has 0 aliphatic heterocycles. The lowest BCUT2D eigenvalue weighted by molar-refractivity contribution is 0.000580. The topological polar surface area (TPSA) is 50.7 Å². The minimum atomic E-state index is -0.567. The quantitative estimate of drug-likeness (QED) is 0.644. The number of benzene rings is 1. The molecule has 2 atom stereocenters. The Morgan fingerprint density at radius 3 is 2.64 bits per heavy atom. The molecule has 116 valence electrons. The first-order valence-electron chi connectivity index (χ1n) is 7.68. The van der Waals surface area contributed by atoms with E-state index in [1.165, 1.54) is 6.42 Å². The molecule has 3 aliphatic carbocycles. The number of anilines is 1. The van der Waals surface area contributed by atoms with Crippen LogP contribution in [0.15, 0.2) is 41.6 Å². The molecule has 1 aromatic carbocycles. The lowest BCUT2D eigenvalue weighted by atomic mass is 9.47. The third-order valence-corrected chi connectivity index (χ3v) is 5.24. The second-order valence-electron chi connectivity index (χ2n) is 6.94. The summed E-state index contributed by atoms with van der Waals surface area (Å²) < 4.78 is 0. The van der Waals surface area contributed by atoms with Crippen LogP contribution in [0.2, 0.25) is 0 Å². The minimum Gasteiger partial charge on any atom is -0.298 e. The second kappa shape index (κ2) is 5.27. The van der Waals surface area contributed by atoms with E-state index in [1.807, 2.05) is 31.2 Å². The summed E-state index contributed by atoms with van der Waals surface area (Å²) in [6.07, 6.45) is 1.46. The fourth-order valence-electron chi connectivity index (χ4n) is 3.49. The molecule has 0 saturated heterocycles. The van der Waals surface area contributed by atoms with Crippen LogP contribution in [0.4, 0.5) is 10.5 Å². The first-order chi connectivity index (χ1) is 10.4. The molecule has 4 nitrogen and oxygen atoms in total. The maximum absolute atomic E-state index is 11.8. The third kappa shape index (κ3) is 2.54. The molecule has 2 bridgehead atoms. The summed E-state index contributed by atoms with van der Waals surface area (Å²) in [7, 11) is 0. The summed E-state index contributed by atoms with van der Waals surface area (Å²) in [6.45, 7) is 10.7. The molecule has 3 fully saturated rings. The summed E-state index contributed by atoms with van der Waals surface area (Å²) in [5, 5.41) is 6.69. The number of fused-ring (bicyclic) bond motifs is 2. The molecule has 4 heteroatoms. The summed E-state index contributed by atoms with van der Waals surface area (Å²) in [5.41, 5.74) is 4.00. The van der Waals surface area contributed by atoms with Gasteiger partial charge in [-0.15, -0.1) is 0 Å². The molecule has 22 heavy (non-hydrogen) atoms. The largest absolute Gasteiger partial charge is 0.437 e. The molecule has 0 radical (unpaired) electrons. The smallest absolute Gasteiger partial charge is 0.298 e. The van der Waals surface area contributed by atoms with Crippen molar-refractivity contribution in [3.63, 3.8) is 0 Å². The van der Waals surface area contributed by atoms with Crippen LogP contribution in [-0.4, -0.2) is 11.8 Å². The van der Waals surface area contributed by atoms with Gasteiger partial charge in [0.1, 0.15) is 0 Å². The van der Waals surface area contributed by atoms with E-state index in [4.69, 9.17) is 4.84 Å². The fraction of sp³-hybridized carbons (Fsp3) is 0.444. The Morgan fingerprint density at radius 1 is 1.36 bits per heavy atom. The van der Waals surface area contributed by atoms with Gasteiger partial charge in [-0.1, -0.05) is 43.3 Å². The zero-order chi connectivity index (χ0) is 15.9. The number of rotatable bonds is 2. The highest BCUT2D eigenvalue weighted by molar-refractivity contribution is 6.02. The number of hydrogen-bond acceptors (Lipinski definition) is 3. The number of amides is 1. The van der Waals surface area contributed by atoms with Crippen molar-refractivity contribution in [3.05, 3.63) is 42.0 Å². The Hall–Kier alpha value is -2.10. The van der Waals surface area contributed by atoms with Gasteiger partial charge in [-0.2, -0.15) is 0 Å². The van der Waals surface area contributed by atoms with Crippen molar-refractivity contribution >= 4 is 17.5 Å². The van der Waals surface area contributed by atoms with Gasteiger partial charge in [-0.3, -0.25) is 10.2 Å². The highest BCUT2D eigenvalue weighted by Crippen LogP contribution is 2.59. The van der Waals surface area contributed by atoms with Crippen LogP contribution < -0.4 is 5.32 Å². The van der Waals surface area contributed by atoms with Crippen molar-refractivity contribution in [1.82, 2.24) is 0 Å². The van der Waals surface area contributed by atoms with E-state index in [0.29, 0.717) is 22.9 Å². The van der Waals surface area contributed by atoms with E-state index in [9.17, 15) is 4.79 Å². The Bertz CT molecular complexity index is 644. The third-order valence-electron chi connectivity index (χ3n) is 5.24. The van der Waals surface area contributed by atoms with Crippen molar-refractivity contribution in [2.75, 3.05) is 5.32 Å². The van der Waals surface area contributed by atoms with Gasteiger partial charge in [-0.05, 0) is 54.7 Å². The first-order valence-corrected chi connectivity index (χ1v) is 7.68. The average Bonchev–Trinajstić information content (AvgIpc) is 2.48. The van der Waals surface area contributed by atoms with Crippen molar-refractivity contribution in [1.29, 1.82) is 0 Å². The normalized spacial score (nSPS) is 27.2. The SMILES string of the molecule is C=C1/C(=N\OC(=O)Nc2ccc(C)cc2)CC2CC1C2(C)C. The van der Waals surface area contributed by atoms with Gasteiger partial charge < -0.3 is 0 Å². The fourth-order valence-corrected chi connectivity index (χ4v) is 3.49. The van der Waals surface area contributed by atoms with E-state index >= 15 is 0 Å². The van der Waals surface area contributed by atoms with Crippen molar-refractivity contribution in [3.8, 4) is 0 Å². The number of nitrogens with zero attached hydrogens (tertiary/aromatic N) is 1. The predicted octanol–water partition coefficient (Wildman–Crippen LogP) is 4.52. The minimum absolute atomic E-state index is 0.306. The van der Waals surface area contributed by atoms with Crippen LogP contribution in [0.5, 0.6) is 0 Å². The lowest BCUT2D eigenvalue weighted by Crippen LogP contribution is -2.52. The van der Waals surface area contributed by atoms with Gasteiger partial charge in [0.05, 0.1) is 5.71 Å². The van der Waals surface area contributed by atoms with E-state index < -0.39 is 6.09 Å². The molecule has 3 aliphatic rings. The number of aryl methyl sites for hydroxylation is 1. The van der Waals surface area contributed by atoms with Gasteiger partial charge in [0.25, 0.3) is 0 Å². The standard InChI is InChI=1S/C18H22N2O2/c1-11-5-7-14(8-6-11)19-17(21)22-20-16-10-13-9-15(12(16)2)18(13,3)4/h5-8,13,15H,2,9-10H2,1,3-4H3,(H,19,21)/b20-16-. The van der Waals surface area contributed by atoms with Crippen molar-refractivity contribution in [2.24, 2.45) is 22.4 Å². The summed E-state index contributed by atoms with van der Waals surface area (Å²) in [5.74, 6) is 1.08. The van der Waals surface area contributed by atoms with Crippen molar-refractivity contribution < 1.29 is 9.63 Å². The van der Waals surface area contributed by atoms with Crippen LogP contribution in [0.1, 0.15) is 32.3 Å². The molecule has 0 spiro atoms. The van der Waals surface area contributed by atoms with Crippen LogP contribution in [0.3, 0.4) is 0 Å². The molecule has 0 aromatic heterocycles. The van der Waals surface area contributed by atoms with Gasteiger partial charge in [0.15, 0.2) is 0 Å². The summed E-state index contributed by atoms with van der Waals surface area (Å²) >= 11 is 0. The van der Waals surface area contributed by atoms with Gasteiger partial charge in [0.2, 0.25) is 0 Å². The van der Waals surface area contributed by atoms with E-state index in [0.717, 1.165) is 23.3 Å². The molecule has 4 rings (SSSR count). The maximum Gasteiger partial charge on any atom is 0.437 e. The van der Waals surface area contributed by atoms with E-state index in [1.54, 1.807) is 0 Å². The Kier molecular flexibility index (Phi) is 3.55. The molecule has 0 heterocycles. The molecule has 1 N–H and O–H groups in total. The zero-order valence-electron chi connectivity index (χ0n) is 13.3. The number of oxime groups is 1. The molecule has 2 unspecified atom stereocenters. The number of allylic oxidation sites excluding steroid dienone is 1. The summed E-state index contributed by atoms with van der Waals surface area (Å²) in [6, 6.07) is 7.53. The molecule has 1 amide bonds. The van der Waals surface area contributed by atoms with Gasteiger partial charge in [0, 0.05) is 5.69 Å². The van der Waals surface area contributed by atoms with Crippen LogP contribution >= 0.6 is 0 Å². The molecule has 3 saturated carbocycles. The van der Waals surface area contributed by atoms with Crippen LogP contribution in [-0.2, 0) is 4.84 Å². The van der Waals surface area contributed by atoms with Gasteiger partial charge >= 0.3 is 6.09 Å². The van der Waals surface area contributed by atoms with Crippen LogP contribution in [0.25, 0.3) is 0 Å². The number of nitrogens with one attached hydrogen (secondary N) is 1. The van der Waals surface area contributed by atoms with E-state index in [2.05, 4.69) is 30.9 Å². The zero-order valence-corrected chi connectivity index (χ0v) is 13.3. The Balaban J connectivity index is 1.59. The van der Waals surface area contributed by atoms with Gasteiger partial charge in [-0.25, -0.2) is 4.79 Å². The molecular formula is C18H22N2O2. The number of carbonyl (C=O) groups excluding carboxylic acids is 1. The lowest BCUT2D eigenvalue weighted by Gasteiger charge is -2.57. The molecular weight excluding hydrogens is 276 g/mol. The summed E-state index contributed by atoms with van der Waals surface area (Å²) in [4.78, 5) is 16.8. The average molecular weight is 298 g/mol. The monoisotopic (exact) mass is 298 g/mol. The number of hydrogen-bond donors (Lipinski definition) is 1. The predicted molar refractivity (Wildman–Crippen MR) is 87.9 cm³/mol. The van der Waals surface area contributed by atoms with E-state index in [-0.39, 0.29) is 0 Å². The number of carbonyl (C=O) groups is 1. The Labute approximate surface area is 131 Å². The maximum atomic E-state index is 11.8. The Morgan fingerprint density at radius 2 is 2.05 bits per heavy atom. The second-order valence-corrected chi connectivity index (χ2v) is 6.94. The highest BCUT2D eigenvalue weighted by atomic mass is 16.7. The van der Waals surface area contributed by atoms with Crippen LogP contribution in [0, 0.1) is 24.2 Å².